The normalized spacial score (nSPS) is 24.3. The van der Waals surface area contributed by atoms with Crippen molar-refractivity contribution in [2.45, 2.75) is 108 Å². The maximum absolute atomic E-state index is 13.9. The third-order valence-corrected chi connectivity index (χ3v) is 12.5. The summed E-state index contributed by atoms with van der Waals surface area (Å²) in [5, 5.41) is 3.37. The number of piperidine rings is 1. The molecule has 41 heavy (non-hydrogen) atoms. The molecule has 3 fully saturated rings. The van der Waals surface area contributed by atoms with E-state index < -0.39 is 20.6 Å². The average molecular weight is 579 g/mol. The molecule has 0 radical (unpaired) electrons. The molecule has 6 rings (SSSR count). The highest BCUT2D eigenvalue weighted by Gasteiger charge is 2.53. The van der Waals surface area contributed by atoms with Gasteiger partial charge in [0, 0.05) is 36.1 Å². The number of amidine groups is 1. The van der Waals surface area contributed by atoms with Crippen molar-refractivity contribution >= 4 is 33.0 Å². The lowest BCUT2D eigenvalue weighted by molar-refractivity contribution is 0.135. The topological polar surface area (TPSA) is 82.1 Å². The molecular weight excluding hydrogens is 532 g/mol. The zero-order chi connectivity index (χ0) is 28.6. The lowest BCUT2D eigenvalue weighted by Gasteiger charge is -2.47. The van der Waals surface area contributed by atoms with E-state index in [1.165, 1.54) is 45.1 Å². The van der Waals surface area contributed by atoms with E-state index in [1.807, 2.05) is 23.1 Å². The second kappa shape index (κ2) is 11.7. The average Bonchev–Trinajstić information content (AvgIpc) is 3.21. The van der Waals surface area contributed by atoms with E-state index in [-0.39, 0.29) is 6.03 Å². The Hall–Kier alpha value is -2.45. The first-order chi connectivity index (χ1) is 19.8. The van der Waals surface area contributed by atoms with Gasteiger partial charge in [-0.3, -0.25) is 4.90 Å². The van der Waals surface area contributed by atoms with Crippen LogP contribution in [0.4, 0.5) is 10.5 Å². The summed E-state index contributed by atoms with van der Waals surface area (Å²) in [4.78, 5) is 23.7. The number of aliphatic imine (C=N–C) groups is 1. The standard InChI is InChI=1S/C33H46N4O3S/c1-24(2)41(39,40)28-17-15-26(16-18-28)29-13-6-7-14-30(29)37-32(38)35-31(34-27-11-4-3-5-12-27)33(37)19-21-36(22-20-33)23-25-9-8-10-25/h6-7,13-15,17,24-25,27H,3-5,8-12,16,18-23H2,1-2H3,(H,34,35,38). The molecule has 2 heterocycles. The first-order valence-electron chi connectivity index (χ1n) is 15.9. The van der Waals surface area contributed by atoms with Crippen LogP contribution >= 0.6 is 0 Å². The van der Waals surface area contributed by atoms with E-state index in [0.717, 1.165) is 67.4 Å². The second-order valence-electron chi connectivity index (χ2n) is 13.1. The monoisotopic (exact) mass is 578 g/mol. The molecule has 222 valence electrons. The van der Waals surface area contributed by atoms with Gasteiger partial charge >= 0.3 is 6.03 Å². The third kappa shape index (κ3) is 5.54. The van der Waals surface area contributed by atoms with Gasteiger partial charge in [0.1, 0.15) is 11.4 Å². The van der Waals surface area contributed by atoms with Gasteiger partial charge < -0.3 is 10.2 Å². The van der Waals surface area contributed by atoms with Crippen molar-refractivity contribution < 1.29 is 13.2 Å². The summed E-state index contributed by atoms with van der Waals surface area (Å²) < 4.78 is 25.6. The van der Waals surface area contributed by atoms with Crippen LogP contribution in [0, 0.1) is 5.92 Å². The van der Waals surface area contributed by atoms with Crippen molar-refractivity contribution in [3.63, 3.8) is 0 Å². The number of rotatable bonds is 7. The van der Waals surface area contributed by atoms with Gasteiger partial charge in [0.05, 0.1) is 10.9 Å². The zero-order valence-corrected chi connectivity index (χ0v) is 25.6. The molecule has 1 spiro atoms. The molecule has 0 atom stereocenters. The largest absolute Gasteiger partial charge is 0.369 e. The summed E-state index contributed by atoms with van der Waals surface area (Å²) in [6.07, 6.45) is 16.6. The molecule has 0 aromatic heterocycles. The molecule has 0 bridgehead atoms. The number of amides is 2. The fourth-order valence-electron chi connectivity index (χ4n) is 7.41. The van der Waals surface area contributed by atoms with Crippen LogP contribution < -0.4 is 10.2 Å². The number of sulfone groups is 1. The number of nitrogens with zero attached hydrogens (tertiary/aromatic N) is 3. The van der Waals surface area contributed by atoms with Crippen molar-refractivity contribution in [3.8, 4) is 0 Å². The number of carbonyl (C=O) groups excluding carboxylic acids is 1. The minimum absolute atomic E-state index is 0.182. The summed E-state index contributed by atoms with van der Waals surface area (Å²) in [5.74, 6) is 1.70. The Balaban J connectivity index is 1.32. The number of likely N-dealkylation sites (tertiary alicyclic amines) is 1. The highest BCUT2D eigenvalue weighted by Crippen LogP contribution is 2.44. The molecule has 8 heteroatoms. The SMILES string of the molecule is CC(C)S(=O)(=O)C1=CC=C(c2ccccc2N2C(=O)N=C(NC3CCCCC3)C23CCN(CC2CCC2)CC3)CC1. The van der Waals surface area contributed by atoms with Crippen LogP contribution in [-0.2, 0) is 9.84 Å². The van der Waals surface area contributed by atoms with Gasteiger partial charge in [0.15, 0.2) is 9.84 Å². The summed E-state index contributed by atoms with van der Waals surface area (Å²) in [6.45, 7) is 6.58. The number of urea groups is 1. The second-order valence-corrected chi connectivity index (χ2v) is 15.7. The highest BCUT2D eigenvalue weighted by molar-refractivity contribution is 7.95. The van der Waals surface area contributed by atoms with Gasteiger partial charge in [-0.2, -0.15) is 4.99 Å². The Labute approximate surface area is 246 Å². The summed E-state index contributed by atoms with van der Waals surface area (Å²) >= 11 is 0. The lowest BCUT2D eigenvalue weighted by atomic mass is 9.81. The van der Waals surface area contributed by atoms with E-state index in [4.69, 9.17) is 4.99 Å². The zero-order valence-electron chi connectivity index (χ0n) is 24.8. The van der Waals surface area contributed by atoms with Crippen molar-refractivity contribution in [3.05, 3.63) is 46.9 Å². The van der Waals surface area contributed by atoms with Crippen molar-refractivity contribution in [2.75, 3.05) is 24.5 Å². The van der Waals surface area contributed by atoms with Crippen molar-refractivity contribution in [1.82, 2.24) is 10.2 Å². The van der Waals surface area contributed by atoms with E-state index in [2.05, 4.69) is 22.3 Å². The Morgan fingerprint density at radius 2 is 1.71 bits per heavy atom. The minimum atomic E-state index is -3.28. The number of anilines is 1. The first-order valence-corrected chi connectivity index (χ1v) is 17.5. The number of nitrogens with one attached hydrogen (secondary N) is 1. The van der Waals surface area contributed by atoms with E-state index in [9.17, 15) is 13.2 Å². The Morgan fingerprint density at radius 3 is 2.34 bits per heavy atom. The predicted molar refractivity (Wildman–Crippen MR) is 167 cm³/mol. The summed E-state index contributed by atoms with van der Waals surface area (Å²) in [6, 6.07) is 8.35. The molecule has 5 aliphatic rings. The van der Waals surface area contributed by atoms with Gasteiger partial charge in [0.25, 0.3) is 0 Å². The van der Waals surface area contributed by atoms with E-state index >= 15 is 0 Å². The van der Waals surface area contributed by atoms with Crippen LogP contribution in [0.2, 0.25) is 0 Å². The molecular formula is C33H46N4O3S. The molecule has 1 aromatic carbocycles. The number of hydrogen-bond donors (Lipinski definition) is 1. The molecule has 1 aromatic rings. The minimum Gasteiger partial charge on any atom is -0.369 e. The van der Waals surface area contributed by atoms with Crippen molar-refractivity contribution in [1.29, 1.82) is 0 Å². The molecule has 2 saturated carbocycles. The lowest BCUT2D eigenvalue weighted by Crippen LogP contribution is -2.62. The smallest absolute Gasteiger partial charge is 0.350 e. The Kier molecular flexibility index (Phi) is 8.16. The number of allylic oxidation sites excluding steroid dienone is 4. The number of carbonyl (C=O) groups is 1. The Bertz CT molecular complexity index is 1340. The van der Waals surface area contributed by atoms with Gasteiger partial charge in [-0.05, 0) is 88.8 Å². The molecule has 0 unspecified atom stereocenters. The van der Waals surface area contributed by atoms with Crippen LogP contribution in [0.15, 0.2) is 46.3 Å². The molecule has 1 saturated heterocycles. The van der Waals surface area contributed by atoms with E-state index in [0.29, 0.717) is 23.8 Å². The predicted octanol–water partition coefficient (Wildman–Crippen LogP) is 6.47. The van der Waals surface area contributed by atoms with Crippen molar-refractivity contribution in [2.24, 2.45) is 10.9 Å². The van der Waals surface area contributed by atoms with Gasteiger partial charge in [0.2, 0.25) is 0 Å². The Morgan fingerprint density at radius 1 is 0.976 bits per heavy atom. The third-order valence-electron chi connectivity index (χ3n) is 10.2. The van der Waals surface area contributed by atoms with Gasteiger partial charge in [-0.25, -0.2) is 13.2 Å². The summed E-state index contributed by atoms with van der Waals surface area (Å²) in [5.41, 5.74) is 2.49. The van der Waals surface area contributed by atoms with Gasteiger partial charge in [-0.1, -0.05) is 50.0 Å². The van der Waals surface area contributed by atoms with E-state index in [1.54, 1.807) is 19.9 Å². The fourth-order valence-corrected chi connectivity index (χ4v) is 8.66. The van der Waals surface area contributed by atoms with Crippen LogP contribution in [-0.4, -0.2) is 61.6 Å². The van der Waals surface area contributed by atoms with Crippen LogP contribution in [0.25, 0.3) is 5.57 Å². The highest BCUT2D eigenvalue weighted by atomic mass is 32.2. The quantitative estimate of drug-likeness (QED) is 0.401. The molecule has 2 aliphatic heterocycles. The van der Waals surface area contributed by atoms with Crippen LogP contribution in [0.3, 0.4) is 0 Å². The maximum Gasteiger partial charge on any atom is 0.350 e. The van der Waals surface area contributed by atoms with Crippen LogP contribution in [0.5, 0.6) is 0 Å². The van der Waals surface area contributed by atoms with Crippen LogP contribution in [0.1, 0.15) is 96.5 Å². The number of para-hydroxylation sites is 1. The number of hydrogen-bond acceptors (Lipinski definition) is 5. The van der Waals surface area contributed by atoms with Gasteiger partial charge in [-0.15, -0.1) is 0 Å². The molecule has 3 aliphatic carbocycles. The molecule has 2 amide bonds. The maximum atomic E-state index is 13.9. The first kappa shape index (κ1) is 28.7. The fraction of sp³-hybridized carbons (Fsp3) is 0.636. The molecule has 1 N–H and O–H groups in total. The summed E-state index contributed by atoms with van der Waals surface area (Å²) in [7, 11) is -3.28. The molecule has 7 nitrogen and oxygen atoms in total. The number of benzene rings is 1.